The minimum absolute atomic E-state index is 0.0495. The molecule has 0 bridgehead atoms. The van der Waals surface area contributed by atoms with Crippen molar-refractivity contribution in [1.29, 1.82) is 0 Å². The Labute approximate surface area is 235 Å². The van der Waals surface area contributed by atoms with Crippen molar-refractivity contribution in [1.82, 2.24) is 24.1 Å². The Kier molecular flexibility index (Phi) is 6.38. The van der Waals surface area contributed by atoms with E-state index < -0.39 is 0 Å². The summed E-state index contributed by atoms with van der Waals surface area (Å²) in [6.45, 7) is 10.0. The zero-order chi connectivity index (χ0) is 28.1. The zero-order valence-electron chi connectivity index (χ0n) is 23.0. The van der Waals surface area contributed by atoms with Gasteiger partial charge >= 0.3 is 0 Å². The summed E-state index contributed by atoms with van der Waals surface area (Å²) in [4.78, 5) is 23.7. The number of fused-ring (bicyclic) bond motifs is 2. The minimum Gasteiger partial charge on any atom is -0.491 e. The summed E-state index contributed by atoms with van der Waals surface area (Å²) in [5.41, 5.74) is 12.8. The highest BCUT2D eigenvalue weighted by Gasteiger charge is 2.25. The van der Waals surface area contributed by atoms with Gasteiger partial charge in [0.15, 0.2) is 5.65 Å². The fourth-order valence-electron chi connectivity index (χ4n) is 5.23. The number of anilines is 1. The molecule has 0 unspecified atom stereocenters. The number of nitrogen functional groups attached to an aromatic ring is 1. The predicted octanol–water partition coefficient (Wildman–Crippen LogP) is 6.43. The monoisotopic (exact) mass is 550 g/mol. The van der Waals surface area contributed by atoms with Crippen LogP contribution in [0, 0.1) is 13.8 Å². The van der Waals surface area contributed by atoms with E-state index >= 15 is 0 Å². The molecule has 6 rings (SSSR count). The van der Waals surface area contributed by atoms with Crippen LogP contribution in [0.5, 0.6) is 5.75 Å². The zero-order valence-corrected chi connectivity index (χ0v) is 23.9. The van der Waals surface area contributed by atoms with Gasteiger partial charge in [0.25, 0.3) is 5.56 Å². The smallest absolute Gasteiger partial charge is 0.264 e. The molecule has 1 atom stereocenters. The number of aryl methyl sites for hydroxylation is 2. The number of nitrogens with zero attached hydrogens (tertiary/aromatic N) is 5. The molecule has 0 aliphatic rings. The summed E-state index contributed by atoms with van der Waals surface area (Å²) in [5, 5.41) is 7.75. The largest absolute Gasteiger partial charge is 0.491 e. The Hall–Kier alpha value is -4.50. The van der Waals surface area contributed by atoms with Crippen LogP contribution in [0.2, 0.25) is 0 Å². The fourth-order valence-corrected chi connectivity index (χ4v) is 6.15. The Bertz CT molecular complexity index is 1940. The van der Waals surface area contributed by atoms with Crippen molar-refractivity contribution in [3.05, 3.63) is 93.5 Å². The van der Waals surface area contributed by atoms with E-state index in [-0.39, 0.29) is 17.7 Å². The molecule has 0 amide bonds. The third kappa shape index (κ3) is 4.23. The highest BCUT2D eigenvalue weighted by molar-refractivity contribution is 7.15. The molecule has 0 saturated carbocycles. The van der Waals surface area contributed by atoms with Crippen LogP contribution in [0.15, 0.2) is 71.1 Å². The van der Waals surface area contributed by atoms with Crippen molar-refractivity contribution in [3.8, 4) is 28.1 Å². The first-order valence-electron chi connectivity index (χ1n) is 13.2. The third-order valence-corrected chi connectivity index (χ3v) is 8.12. The van der Waals surface area contributed by atoms with Crippen molar-refractivity contribution in [2.45, 2.75) is 46.8 Å². The van der Waals surface area contributed by atoms with Gasteiger partial charge in [-0.15, -0.1) is 11.3 Å². The number of hydrogen-bond acceptors (Lipinski definition) is 7. The maximum Gasteiger partial charge on any atom is 0.264 e. The van der Waals surface area contributed by atoms with Crippen LogP contribution in [-0.4, -0.2) is 30.3 Å². The molecule has 40 heavy (non-hydrogen) atoms. The van der Waals surface area contributed by atoms with Gasteiger partial charge in [-0.05, 0) is 75.6 Å². The molecule has 0 radical (unpaired) electrons. The van der Waals surface area contributed by atoms with Crippen LogP contribution in [0.1, 0.15) is 43.6 Å². The Balaban J connectivity index is 1.58. The molecule has 0 fully saturated rings. The number of benzene rings is 2. The van der Waals surface area contributed by atoms with E-state index in [1.807, 2.05) is 93.2 Å². The second kappa shape index (κ2) is 9.91. The molecule has 202 valence electrons. The molecule has 0 spiro atoms. The molecule has 4 aromatic heterocycles. The van der Waals surface area contributed by atoms with E-state index in [1.54, 1.807) is 15.7 Å². The van der Waals surface area contributed by atoms with Gasteiger partial charge in [0.05, 0.1) is 23.1 Å². The van der Waals surface area contributed by atoms with Crippen molar-refractivity contribution in [2.75, 3.05) is 5.73 Å². The van der Waals surface area contributed by atoms with Crippen molar-refractivity contribution >= 4 is 33.0 Å². The second-order valence-corrected chi connectivity index (χ2v) is 11.2. The summed E-state index contributed by atoms with van der Waals surface area (Å²) in [6, 6.07) is 17.5. The van der Waals surface area contributed by atoms with E-state index in [4.69, 9.17) is 15.6 Å². The highest BCUT2D eigenvalue weighted by Crippen LogP contribution is 2.37. The normalized spacial score (nSPS) is 12.4. The van der Waals surface area contributed by atoms with Gasteiger partial charge in [-0.3, -0.25) is 9.20 Å². The van der Waals surface area contributed by atoms with Gasteiger partial charge < -0.3 is 10.5 Å². The molecule has 8 nitrogen and oxygen atoms in total. The third-order valence-electron chi connectivity index (χ3n) is 7.12. The first kappa shape index (κ1) is 25.8. The van der Waals surface area contributed by atoms with Crippen LogP contribution >= 0.6 is 11.3 Å². The first-order valence-corrected chi connectivity index (χ1v) is 14.1. The van der Waals surface area contributed by atoms with Crippen LogP contribution in [0.3, 0.4) is 0 Å². The van der Waals surface area contributed by atoms with Gasteiger partial charge in [-0.1, -0.05) is 30.3 Å². The van der Waals surface area contributed by atoms with Gasteiger partial charge in [0.2, 0.25) is 0 Å². The maximum atomic E-state index is 13.9. The summed E-state index contributed by atoms with van der Waals surface area (Å²) < 4.78 is 9.58. The summed E-state index contributed by atoms with van der Waals surface area (Å²) >= 11 is 1.55. The second-order valence-electron chi connectivity index (χ2n) is 10.3. The van der Waals surface area contributed by atoms with E-state index in [1.165, 1.54) is 6.33 Å². The molecule has 0 aliphatic carbocycles. The van der Waals surface area contributed by atoms with Crippen LogP contribution in [-0.2, 0) is 0 Å². The Morgan fingerprint density at radius 2 is 1.75 bits per heavy atom. The molecular weight excluding hydrogens is 520 g/mol. The summed E-state index contributed by atoms with van der Waals surface area (Å²) in [7, 11) is 0. The van der Waals surface area contributed by atoms with Gasteiger partial charge in [-0.2, -0.15) is 5.10 Å². The lowest BCUT2D eigenvalue weighted by molar-refractivity contribution is 0.241. The highest BCUT2D eigenvalue weighted by atomic mass is 32.1. The van der Waals surface area contributed by atoms with Gasteiger partial charge in [0.1, 0.15) is 28.4 Å². The van der Waals surface area contributed by atoms with Gasteiger partial charge in [0, 0.05) is 16.6 Å². The maximum absolute atomic E-state index is 13.9. The lowest BCUT2D eigenvalue weighted by Gasteiger charge is -2.18. The topological polar surface area (TPSA) is 100 Å². The number of nitrogens with two attached hydrogens (primary N) is 1. The molecule has 0 saturated heterocycles. The minimum atomic E-state index is -0.328. The van der Waals surface area contributed by atoms with E-state index in [0.29, 0.717) is 28.1 Å². The summed E-state index contributed by atoms with van der Waals surface area (Å²) in [5.74, 6) is 1.18. The average Bonchev–Trinajstić information content (AvgIpc) is 3.51. The van der Waals surface area contributed by atoms with Gasteiger partial charge in [-0.25, -0.2) is 14.6 Å². The Morgan fingerprint density at radius 3 is 2.48 bits per heavy atom. The van der Waals surface area contributed by atoms with E-state index in [9.17, 15) is 4.79 Å². The molecule has 2 N–H and O–H groups in total. The van der Waals surface area contributed by atoms with Crippen LogP contribution < -0.4 is 16.0 Å². The number of hydrogen-bond donors (Lipinski definition) is 1. The molecule has 4 heterocycles. The SMILES string of the molecule is Cc1cc(-c2nn([C@H](C)c3cc4scc(C)n4c(=O)c3-c3ccccc3)c3ncnc(N)c23)ccc1OC(C)C. The van der Waals surface area contributed by atoms with Crippen molar-refractivity contribution < 1.29 is 4.74 Å². The van der Waals surface area contributed by atoms with Crippen molar-refractivity contribution in [3.63, 3.8) is 0 Å². The number of ether oxygens (including phenoxy) is 1. The molecule has 2 aromatic carbocycles. The number of pyridine rings is 1. The first-order chi connectivity index (χ1) is 19.2. The van der Waals surface area contributed by atoms with E-state index in [2.05, 4.69) is 16.0 Å². The fraction of sp³-hybridized carbons (Fsp3) is 0.226. The standard InChI is InChI=1S/C31H30N6O2S/c1-17(2)39-24-12-11-22(13-18(24)3)28-27-29(32)33-16-34-30(27)37(35-28)20(5)23-14-25-36(19(4)15-40-25)31(38)26(23)21-9-7-6-8-10-21/h6-17,20H,1-5H3,(H2,32,33,34)/t20-/m1/s1. The molecule has 0 aliphatic heterocycles. The predicted molar refractivity (Wildman–Crippen MR) is 161 cm³/mol. The lowest BCUT2D eigenvalue weighted by Crippen LogP contribution is -2.21. The van der Waals surface area contributed by atoms with E-state index in [0.717, 1.165) is 38.5 Å². The molecule has 9 heteroatoms. The number of thiazole rings is 1. The number of aromatic nitrogens is 5. The number of rotatable bonds is 6. The van der Waals surface area contributed by atoms with Crippen LogP contribution in [0.25, 0.3) is 38.2 Å². The quantitative estimate of drug-likeness (QED) is 0.256. The van der Waals surface area contributed by atoms with Crippen molar-refractivity contribution in [2.24, 2.45) is 0 Å². The Morgan fingerprint density at radius 1 is 0.975 bits per heavy atom. The molecule has 6 aromatic rings. The average molecular weight is 551 g/mol. The van der Waals surface area contributed by atoms with Crippen LogP contribution in [0.4, 0.5) is 5.82 Å². The molecular formula is C31H30N6O2S. The lowest BCUT2D eigenvalue weighted by atomic mass is 9.97. The summed E-state index contributed by atoms with van der Waals surface area (Å²) in [6.07, 6.45) is 1.53.